The third-order valence-corrected chi connectivity index (χ3v) is 7.45. The molecule has 16 nitrogen and oxygen atoms in total. The highest BCUT2D eigenvalue weighted by atomic mass is 31.3. The van der Waals surface area contributed by atoms with E-state index in [9.17, 15) is 43.6 Å². The Kier molecular flexibility index (Phi) is 7.20. The number of aromatic nitrogens is 3. The van der Waals surface area contributed by atoms with E-state index in [1.807, 2.05) is 0 Å². The number of hydrogen-bond acceptors (Lipinski definition) is 14. The molecule has 0 bridgehead atoms. The van der Waals surface area contributed by atoms with Gasteiger partial charge in [0.25, 0.3) is 13.4 Å². The molecule has 1 saturated heterocycles. The van der Waals surface area contributed by atoms with E-state index in [1.54, 1.807) is 25.1 Å². The first-order chi connectivity index (χ1) is 16.8. The van der Waals surface area contributed by atoms with Crippen molar-refractivity contribution in [2.24, 2.45) is 0 Å². The molecule has 0 spiro atoms. The van der Waals surface area contributed by atoms with Crippen LogP contribution in [0.15, 0.2) is 44.6 Å². The Morgan fingerprint density at radius 2 is 1.86 bits per heavy atom. The molecule has 1 aliphatic rings. The molecule has 0 amide bonds. The predicted octanol–water partition coefficient (Wildman–Crippen LogP) is -2.54. The minimum absolute atomic E-state index is 0.282. The summed E-state index contributed by atoms with van der Waals surface area (Å²) in [4.78, 5) is 58.0. The zero-order valence-electron chi connectivity index (χ0n) is 18.2. The summed E-state index contributed by atoms with van der Waals surface area (Å²) >= 11 is 0. The molecule has 5 atom stereocenters. The molecule has 4 rings (SSSR count). The maximum atomic E-state index is 13.1. The highest BCUT2D eigenvalue weighted by Crippen LogP contribution is 2.50. The van der Waals surface area contributed by atoms with Crippen molar-refractivity contribution < 1.29 is 52.1 Å². The Balaban J connectivity index is 1.57. The van der Waals surface area contributed by atoms with Gasteiger partial charge < -0.3 is 43.2 Å². The second-order valence-corrected chi connectivity index (χ2v) is 10.5. The van der Waals surface area contributed by atoms with E-state index in [0.717, 1.165) is 27.0 Å². The third kappa shape index (κ3) is 5.43. The molecule has 2 N–H and O–H groups in total. The Hall–Kier alpha value is -2.49. The number of hydrogen-bond donors (Lipinski definition) is 2. The number of aliphatic hydroxyl groups is 2. The fraction of sp³-hybridized carbons (Fsp3) is 0.389. The van der Waals surface area contributed by atoms with Gasteiger partial charge in [-0.1, -0.05) is 17.3 Å². The first-order valence-electron chi connectivity index (χ1n) is 10.1. The quantitative estimate of drug-likeness (QED) is 0.277. The standard InChI is InChI=1S/C18H21N3O13P2/c1-9-3-2-4-10-11(19-33-16(9)10)7-21-13(22)5-6-20(18(21)25)17-15(24)14(23)12(32-17)8-31-36(29,30)34-35(26,27)28/h2-6,12,14-15,17,23-24H,7-8H2,1H3,(H,29,30)(H2,26,27,28)/p-3/t12-,14?,15+,17-/m1/s1. The van der Waals surface area contributed by atoms with Crippen molar-refractivity contribution in [2.75, 3.05) is 6.61 Å². The van der Waals surface area contributed by atoms with E-state index in [2.05, 4.69) is 14.0 Å². The zero-order chi connectivity index (χ0) is 26.4. The van der Waals surface area contributed by atoms with Gasteiger partial charge >= 0.3 is 5.69 Å². The Morgan fingerprint density at radius 3 is 2.56 bits per heavy atom. The predicted molar refractivity (Wildman–Crippen MR) is 111 cm³/mol. The molecule has 1 fully saturated rings. The Morgan fingerprint density at radius 1 is 1.14 bits per heavy atom. The highest BCUT2D eigenvalue weighted by molar-refractivity contribution is 7.58. The van der Waals surface area contributed by atoms with Crippen LogP contribution in [0.1, 0.15) is 17.5 Å². The van der Waals surface area contributed by atoms with Gasteiger partial charge in [0.05, 0.1) is 21.0 Å². The van der Waals surface area contributed by atoms with Gasteiger partial charge in [-0.15, -0.1) is 0 Å². The monoisotopic (exact) mass is 546 g/mol. The van der Waals surface area contributed by atoms with Gasteiger partial charge in [-0.3, -0.25) is 22.8 Å². The van der Waals surface area contributed by atoms with Crippen molar-refractivity contribution in [1.82, 2.24) is 14.3 Å². The summed E-state index contributed by atoms with van der Waals surface area (Å²) in [6.07, 6.45) is -5.79. The molecule has 18 heteroatoms. The topological polar surface area (TPSA) is 241 Å². The number of benzene rings is 1. The average molecular weight is 546 g/mol. The summed E-state index contributed by atoms with van der Waals surface area (Å²) in [7, 11) is -11.6. The van der Waals surface area contributed by atoms with Crippen LogP contribution in [-0.2, 0) is 29.2 Å². The van der Waals surface area contributed by atoms with Crippen LogP contribution in [0.25, 0.3) is 11.0 Å². The molecule has 1 aliphatic heterocycles. The van der Waals surface area contributed by atoms with Crippen LogP contribution in [0.2, 0.25) is 0 Å². The lowest BCUT2D eigenvalue weighted by molar-refractivity contribution is -0.339. The number of rotatable bonds is 8. The fourth-order valence-electron chi connectivity index (χ4n) is 3.69. The molecule has 3 aromatic rings. The third-order valence-electron chi connectivity index (χ3n) is 5.38. The van der Waals surface area contributed by atoms with Crippen molar-refractivity contribution in [2.45, 2.75) is 38.0 Å². The minimum atomic E-state index is -5.94. The molecule has 0 radical (unpaired) electrons. The molecule has 196 valence electrons. The Bertz CT molecular complexity index is 1490. The van der Waals surface area contributed by atoms with Gasteiger partial charge in [0.2, 0.25) is 0 Å². The number of phosphoric ester groups is 1. The Labute approximate surface area is 200 Å². The van der Waals surface area contributed by atoms with Crippen LogP contribution < -0.4 is 25.9 Å². The molecule has 2 aromatic heterocycles. The molecular formula is C18H18N3O13P2-3. The van der Waals surface area contributed by atoms with Crippen LogP contribution in [0, 0.1) is 6.92 Å². The molecule has 3 heterocycles. The van der Waals surface area contributed by atoms with Crippen molar-refractivity contribution in [1.29, 1.82) is 0 Å². The van der Waals surface area contributed by atoms with Crippen LogP contribution >= 0.6 is 15.6 Å². The van der Waals surface area contributed by atoms with Crippen molar-refractivity contribution in [3.63, 3.8) is 0 Å². The molecule has 2 unspecified atom stereocenters. The van der Waals surface area contributed by atoms with Crippen LogP contribution in [-0.4, -0.2) is 49.4 Å². The van der Waals surface area contributed by atoms with Gasteiger partial charge in [0, 0.05) is 17.6 Å². The summed E-state index contributed by atoms with van der Waals surface area (Å²) in [5.41, 5.74) is -0.125. The molecule has 36 heavy (non-hydrogen) atoms. The van der Waals surface area contributed by atoms with Crippen molar-refractivity contribution in [3.8, 4) is 0 Å². The summed E-state index contributed by atoms with van der Waals surface area (Å²) in [6.45, 7) is 0.434. The zero-order valence-corrected chi connectivity index (χ0v) is 20.0. The van der Waals surface area contributed by atoms with E-state index in [1.165, 1.54) is 0 Å². The number of phosphoric acid groups is 2. The van der Waals surface area contributed by atoms with Crippen molar-refractivity contribution >= 4 is 26.6 Å². The number of aliphatic hydroxyl groups excluding tert-OH is 2. The fourth-order valence-corrected chi connectivity index (χ4v) is 5.19. The molecule has 0 saturated carbocycles. The smallest absolute Gasteiger partial charge is 0.333 e. The van der Waals surface area contributed by atoms with Gasteiger partial charge in [-0.25, -0.2) is 4.79 Å². The van der Waals surface area contributed by atoms with Gasteiger partial charge in [0.1, 0.15) is 24.0 Å². The van der Waals surface area contributed by atoms with Gasteiger partial charge in [0.15, 0.2) is 11.8 Å². The van der Waals surface area contributed by atoms with E-state index in [-0.39, 0.29) is 12.2 Å². The SMILES string of the molecule is Cc1cccc2c(Cn3c(=O)ccn([C@@H]4O[C@H](COP(=O)([O-])OP(=O)([O-])[O-])C(O)[C@@H]4O)c3=O)noc12. The maximum absolute atomic E-state index is 13.1. The lowest BCUT2D eigenvalue weighted by atomic mass is 10.1. The molecule has 1 aromatic carbocycles. The second-order valence-electron chi connectivity index (χ2n) is 7.83. The van der Waals surface area contributed by atoms with E-state index in [0.29, 0.717) is 11.0 Å². The van der Waals surface area contributed by atoms with Gasteiger partial charge in [-0.05, 0) is 18.6 Å². The lowest BCUT2D eigenvalue weighted by Gasteiger charge is -2.35. The minimum Gasteiger partial charge on any atom is -0.790 e. The van der Waals surface area contributed by atoms with E-state index >= 15 is 0 Å². The molecule has 0 aliphatic carbocycles. The lowest BCUT2D eigenvalue weighted by Crippen LogP contribution is -2.43. The first-order valence-corrected chi connectivity index (χ1v) is 13.1. The summed E-state index contributed by atoms with van der Waals surface area (Å²) in [6, 6.07) is 6.24. The highest BCUT2D eigenvalue weighted by Gasteiger charge is 2.44. The summed E-state index contributed by atoms with van der Waals surface area (Å²) < 4.78 is 41.7. The van der Waals surface area contributed by atoms with E-state index < -0.39 is 58.0 Å². The van der Waals surface area contributed by atoms with Crippen LogP contribution in [0.5, 0.6) is 0 Å². The molecular weight excluding hydrogens is 528 g/mol. The number of nitrogens with zero attached hydrogens (tertiary/aromatic N) is 3. The summed E-state index contributed by atoms with van der Waals surface area (Å²) in [5, 5.41) is 25.1. The number of fused-ring (bicyclic) bond motifs is 1. The van der Waals surface area contributed by atoms with E-state index in [4.69, 9.17) is 9.26 Å². The largest absolute Gasteiger partial charge is 0.790 e. The average Bonchev–Trinajstić information content (AvgIpc) is 3.31. The van der Waals surface area contributed by atoms with Crippen LogP contribution in [0.3, 0.4) is 0 Å². The summed E-state index contributed by atoms with van der Waals surface area (Å²) in [5.74, 6) is 0. The first kappa shape index (κ1) is 26.6. The van der Waals surface area contributed by atoms with Gasteiger partial charge in [-0.2, -0.15) is 0 Å². The maximum Gasteiger partial charge on any atom is 0.333 e. The van der Waals surface area contributed by atoms with Crippen molar-refractivity contribution in [3.05, 3.63) is 62.6 Å². The number of ether oxygens (including phenoxy) is 1. The number of aryl methyl sites for hydroxylation is 1. The number of para-hydroxylation sites is 1. The van der Waals surface area contributed by atoms with Crippen LogP contribution in [0.4, 0.5) is 0 Å². The normalized spacial score (nSPS) is 24.3. The second kappa shape index (κ2) is 9.76.